The third-order valence-electron chi connectivity index (χ3n) is 2.25. The van der Waals surface area contributed by atoms with Crippen LogP contribution in [0.4, 0.5) is 0 Å². The molecular weight excluding hydrogens is 260 g/mol. The van der Waals surface area contributed by atoms with E-state index >= 15 is 0 Å². The normalized spacial score (nSPS) is 11.2. The topological polar surface area (TPSA) is 64.3 Å². The number of benzene rings is 1. The summed E-state index contributed by atoms with van der Waals surface area (Å²) in [5.41, 5.74) is 5.43. The molecule has 0 bridgehead atoms. The average molecular weight is 282 g/mol. The molecule has 0 aliphatic heterocycles. The minimum Gasteiger partial charge on any atom is -0.494 e. The molecule has 1 rings (SSSR count). The maximum atomic E-state index is 11.6. The van der Waals surface area contributed by atoms with Crippen LogP contribution in [-0.2, 0) is 4.79 Å². The van der Waals surface area contributed by atoms with Gasteiger partial charge in [0.25, 0.3) is 0 Å². The molecule has 0 aliphatic rings. The molecule has 1 aromatic rings. The highest BCUT2D eigenvalue weighted by atomic mass is 32.2. The number of carbonyl (C=O) groups excluding carboxylic acids is 1. The lowest BCUT2D eigenvalue weighted by molar-refractivity contribution is -0.118. The Morgan fingerprint density at radius 3 is 2.53 bits per heavy atom. The second kappa shape index (κ2) is 7.40. The van der Waals surface area contributed by atoms with Gasteiger partial charge in [0, 0.05) is 17.0 Å². The van der Waals surface area contributed by atoms with E-state index in [1.54, 1.807) is 0 Å². The first-order valence-corrected chi connectivity index (χ1v) is 7.30. The minimum absolute atomic E-state index is 0.00240. The van der Waals surface area contributed by atoms with E-state index in [-0.39, 0.29) is 11.4 Å². The molecule has 4 nitrogen and oxygen atoms in total. The number of carbonyl (C=O) groups is 1. The highest BCUT2D eigenvalue weighted by Crippen LogP contribution is 2.21. The van der Waals surface area contributed by atoms with Crippen molar-refractivity contribution in [3.63, 3.8) is 0 Å². The van der Waals surface area contributed by atoms with Crippen molar-refractivity contribution in [3.8, 4) is 5.75 Å². The zero-order valence-corrected chi connectivity index (χ0v) is 12.5. The van der Waals surface area contributed by atoms with Gasteiger partial charge in [0.1, 0.15) is 5.75 Å². The summed E-state index contributed by atoms with van der Waals surface area (Å²) >= 11 is 1.50. The van der Waals surface area contributed by atoms with Gasteiger partial charge in [-0.1, -0.05) is 0 Å². The molecule has 0 spiro atoms. The summed E-state index contributed by atoms with van der Waals surface area (Å²) in [6.07, 6.45) is 0. The number of nitrogens with two attached hydrogens (primary N) is 1. The van der Waals surface area contributed by atoms with E-state index in [1.165, 1.54) is 11.8 Å². The monoisotopic (exact) mass is 282 g/mol. The SMILES string of the molecule is CCOc1ccc(SCC(=O)NCC(C)(C)N)cc1. The van der Waals surface area contributed by atoms with Crippen molar-refractivity contribution in [3.05, 3.63) is 24.3 Å². The van der Waals surface area contributed by atoms with Crippen molar-refractivity contribution in [2.75, 3.05) is 18.9 Å². The maximum Gasteiger partial charge on any atom is 0.230 e. The number of amides is 1. The van der Waals surface area contributed by atoms with Gasteiger partial charge in [-0.15, -0.1) is 11.8 Å². The fourth-order valence-electron chi connectivity index (χ4n) is 1.33. The summed E-state index contributed by atoms with van der Waals surface area (Å²) in [5, 5.41) is 2.82. The molecule has 106 valence electrons. The molecular formula is C14H22N2O2S. The molecule has 0 saturated heterocycles. The Kier molecular flexibility index (Phi) is 6.18. The molecule has 5 heteroatoms. The molecule has 0 aromatic heterocycles. The van der Waals surface area contributed by atoms with E-state index in [0.29, 0.717) is 18.9 Å². The number of nitrogens with one attached hydrogen (secondary N) is 1. The van der Waals surface area contributed by atoms with Crippen LogP contribution in [0.5, 0.6) is 5.75 Å². The van der Waals surface area contributed by atoms with Crippen LogP contribution in [-0.4, -0.2) is 30.4 Å². The number of thioether (sulfide) groups is 1. The summed E-state index contributed by atoms with van der Waals surface area (Å²) < 4.78 is 5.36. The van der Waals surface area contributed by atoms with E-state index in [4.69, 9.17) is 10.5 Å². The van der Waals surface area contributed by atoms with E-state index in [9.17, 15) is 4.79 Å². The minimum atomic E-state index is -0.376. The van der Waals surface area contributed by atoms with Gasteiger partial charge in [-0.2, -0.15) is 0 Å². The van der Waals surface area contributed by atoms with Gasteiger partial charge in [-0.25, -0.2) is 0 Å². The average Bonchev–Trinajstić information content (AvgIpc) is 2.35. The molecule has 0 radical (unpaired) electrons. The lowest BCUT2D eigenvalue weighted by Crippen LogP contribution is -2.45. The zero-order valence-electron chi connectivity index (χ0n) is 11.7. The number of hydrogen-bond donors (Lipinski definition) is 2. The predicted octanol–water partition coefficient (Wildman–Crippen LogP) is 2.03. The van der Waals surface area contributed by atoms with Crippen molar-refractivity contribution < 1.29 is 9.53 Å². The highest BCUT2D eigenvalue weighted by Gasteiger charge is 2.12. The maximum absolute atomic E-state index is 11.6. The highest BCUT2D eigenvalue weighted by molar-refractivity contribution is 8.00. The standard InChI is InChI=1S/C14H22N2O2S/c1-4-18-11-5-7-12(8-6-11)19-9-13(17)16-10-14(2,3)15/h5-8H,4,9-10,15H2,1-3H3,(H,16,17). The smallest absolute Gasteiger partial charge is 0.230 e. The van der Waals surface area contributed by atoms with Gasteiger partial charge in [-0.05, 0) is 45.0 Å². The second-order valence-corrected chi connectivity index (χ2v) is 6.01. The van der Waals surface area contributed by atoms with E-state index in [2.05, 4.69) is 5.32 Å². The quantitative estimate of drug-likeness (QED) is 0.751. The van der Waals surface area contributed by atoms with Crippen molar-refractivity contribution in [2.24, 2.45) is 5.73 Å². The fourth-order valence-corrected chi connectivity index (χ4v) is 2.05. The second-order valence-electron chi connectivity index (χ2n) is 4.96. The van der Waals surface area contributed by atoms with Crippen LogP contribution in [0, 0.1) is 0 Å². The van der Waals surface area contributed by atoms with Crippen LogP contribution in [0.2, 0.25) is 0 Å². The number of hydrogen-bond acceptors (Lipinski definition) is 4. The van der Waals surface area contributed by atoms with Gasteiger partial charge in [-0.3, -0.25) is 4.79 Å². The largest absolute Gasteiger partial charge is 0.494 e. The van der Waals surface area contributed by atoms with E-state index < -0.39 is 0 Å². The predicted molar refractivity (Wildman–Crippen MR) is 79.6 cm³/mol. The third kappa shape index (κ3) is 7.08. The molecule has 1 amide bonds. The van der Waals surface area contributed by atoms with E-state index in [0.717, 1.165) is 10.6 Å². The molecule has 0 aliphatic carbocycles. The Hall–Kier alpha value is -1.20. The summed E-state index contributed by atoms with van der Waals surface area (Å²) in [4.78, 5) is 12.7. The first-order chi connectivity index (χ1) is 8.90. The lowest BCUT2D eigenvalue weighted by atomic mass is 10.1. The van der Waals surface area contributed by atoms with Crippen molar-refractivity contribution in [2.45, 2.75) is 31.2 Å². The summed E-state index contributed by atoms with van der Waals surface area (Å²) in [6, 6.07) is 7.73. The van der Waals surface area contributed by atoms with Gasteiger partial charge >= 0.3 is 0 Å². The third-order valence-corrected chi connectivity index (χ3v) is 3.26. The molecule has 3 N–H and O–H groups in total. The van der Waals surface area contributed by atoms with Crippen LogP contribution >= 0.6 is 11.8 Å². The van der Waals surface area contributed by atoms with Crippen molar-refractivity contribution >= 4 is 17.7 Å². The molecule has 1 aromatic carbocycles. The summed E-state index contributed by atoms with van der Waals surface area (Å²) in [6.45, 7) is 6.85. The lowest BCUT2D eigenvalue weighted by Gasteiger charge is -2.18. The van der Waals surface area contributed by atoms with Crippen LogP contribution in [0.25, 0.3) is 0 Å². The van der Waals surface area contributed by atoms with Crippen LogP contribution < -0.4 is 15.8 Å². The van der Waals surface area contributed by atoms with Crippen LogP contribution in [0.3, 0.4) is 0 Å². The van der Waals surface area contributed by atoms with Gasteiger partial charge in [0.2, 0.25) is 5.91 Å². The molecule has 0 heterocycles. The zero-order chi connectivity index (χ0) is 14.3. The molecule has 0 saturated carbocycles. The Morgan fingerprint density at radius 2 is 2.00 bits per heavy atom. The van der Waals surface area contributed by atoms with Crippen molar-refractivity contribution in [1.29, 1.82) is 0 Å². The molecule has 19 heavy (non-hydrogen) atoms. The van der Waals surface area contributed by atoms with E-state index in [1.807, 2.05) is 45.0 Å². The van der Waals surface area contributed by atoms with Gasteiger partial charge in [0.05, 0.1) is 12.4 Å². The first-order valence-electron chi connectivity index (χ1n) is 6.32. The molecule has 0 fully saturated rings. The molecule has 0 atom stereocenters. The van der Waals surface area contributed by atoms with Crippen LogP contribution in [0.15, 0.2) is 29.2 Å². The van der Waals surface area contributed by atoms with Gasteiger partial charge < -0.3 is 15.8 Å². The van der Waals surface area contributed by atoms with Crippen molar-refractivity contribution in [1.82, 2.24) is 5.32 Å². The molecule has 0 unspecified atom stereocenters. The first kappa shape index (κ1) is 15.9. The van der Waals surface area contributed by atoms with Crippen LogP contribution in [0.1, 0.15) is 20.8 Å². The Morgan fingerprint density at radius 1 is 1.37 bits per heavy atom. The Labute approximate surface area is 119 Å². The van der Waals surface area contributed by atoms with Gasteiger partial charge in [0.15, 0.2) is 0 Å². The Balaban J connectivity index is 2.33. The number of rotatable bonds is 7. The summed E-state index contributed by atoms with van der Waals surface area (Å²) in [7, 11) is 0. The summed E-state index contributed by atoms with van der Waals surface area (Å²) in [5.74, 6) is 1.24. The Bertz CT molecular complexity index is 399. The fraction of sp³-hybridized carbons (Fsp3) is 0.500. The number of ether oxygens (including phenoxy) is 1.